The van der Waals surface area contributed by atoms with Crippen LogP contribution in [0.2, 0.25) is 0 Å². The third-order valence-electron chi connectivity index (χ3n) is 5.94. The largest absolute Gasteiger partial charge is 0.378 e. The molecule has 0 aliphatic carbocycles. The first kappa shape index (κ1) is 28.5. The summed E-state index contributed by atoms with van der Waals surface area (Å²) in [5.74, 6) is 0.0380. The first-order valence-electron chi connectivity index (χ1n) is 11.6. The maximum atomic E-state index is 13.1. The van der Waals surface area contributed by atoms with Crippen molar-refractivity contribution < 1.29 is 25.6 Å². The summed E-state index contributed by atoms with van der Waals surface area (Å²) >= 11 is 6.82. The Balaban J connectivity index is 1.83. The number of benzene rings is 4. The van der Waals surface area contributed by atoms with Gasteiger partial charge < -0.3 is 4.18 Å². The molecule has 0 aliphatic rings. The van der Waals surface area contributed by atoms with E-state index in [4.69, 9.17) is 4.18 Å². The van der Waals surface area contributed by atoms with Crippen LogP contribution in [0.1, 0.15) is 23.1 Å². The second-order valence-electron chi connectivity index (χ2n) is 8.70. The van der Waals surface area contributed by atoms with Crippen LogP contribution in [0.25, 0.3) is 11.1 Å². The normalized spacial score (nSPS) is 11.9. The highest BCUT2D eigenvalue weighted by molar-refractivity contribution is 9.10. The zero-order valence-corrected chi connectivity index (χ0v) is 25.1. The van der Waals surface area contributed by atoms with E-state index in [2.05, 4.69) is 31.9 Å². The van der Waals surface area contributed by atoms with Crippen molar-refractivity contribution in [1.29, 1.82) is 0 Å². The van der Waals surface area contributed by atoms with Gasteiger partial charge in [-0.05, 0) is 85.8 Å². The number of hydrogen-bond donors (Lipinski definition) is 1. The molecule has 0 saturated heterocycles. The lowest BCUT2D eigenvalue weighted by atomic mass is 9.93. The van der Waals surface area contributed by atoms with E-state index >= 15 is 0 Å². The van der Waals surface area contributed by atoms with Crippen LogP contribution in [-0.2, 0) is 33.1 Å². The Labute approximate surface area is 239 Å². The van der Waals surface area contributed by atoms with Crippen LogP contribution < -0.4 is 4.18 Å². The summed E-state index contributed by atoms with van der Waals surface area (Å²) in [7, 11) is -8.76. The van der Waals surface area contributed by atoms with Gasteiger partial charge in [-0.3, -0.25) is 4.55 Å². The summed E-state index contributed by atoms with van der Waals surface area (Å²) in [5.41, 5.74) is 3.11. The topological polar surface area (TPSA) is 97.7 Å². The van der Waals surface area contributed by atoms with Crippen molar-refractivity contribution in [3.63, 3.8) is 0 Å². The third kappa shape index (κ3) is 6.73. The Bertz CT molecular complexity index is 1670. The standard InChI is InChI=1S/C28H24Br2O6S2/c1-19-10-16-26(36-38(34,35)22-13-11-21(29)12-14-22)24(18-19)28-23(9-5-8-20-6-3-2-4-7-20)27(37(31,32)33)17-15-25(28)30/h2-4,6-7,10-18H,5,8-9H2,1H3,(H,31,32,33). The van der Waals surface area contributed by atoms with Crippen LogP contribution in [-0.4, -0.2) is 21.4 Å². The molecule has 4 aromatic carbocycles. The van der Waals surface area contributed by atoms with Gasteiger partial charge in [-0.25, -0.2) is 0 Å². The number of rotatable bonds is 9. The zero-order valence-electron chi connectivity index (χ0n) is 20.3. The van der Waals surface area contributed by atoms with Crippen molar-refractivity contribution in [3.05, 3.63) is 111 Å². The van der Waals surface area contributed by atoms with Crippen molar-refractivity contribution >= 4 is 52.1 Å². The lowest BCUT2D eigenvalue weighted by molar-refractivity contribution is 0.480. The molecule has 4 rings (SSSR count). The third-order valence-corrected chi connectivity index (χ3v) is 9.31. The molecule has 0 unspecified atom stereocenters. The average Bonchev–Trinajstić information content (AvgIpc) is 2.85. The molecular formula is C28H24Br2O6S2. The fourth-order valence-electron chi connectivity index (χ4n) is 4.17. The Hall–Kier alpha value is -2.50. The predicted molar refractivity (Wildman–Crippen MR) is 155 cm³/mol. The minimum absolute atomic E-state index is 0.0268. The lowest BCUT2D eigenvalue weighted by Crippen LogP contribution is -2.11. The molecule has 10 heteroatoms. The average molecular weight is 680 g/mol. The van der Waals surface area contributed by atoms with Crippen molar-refractivity contribution in [1.82, 2.24) is 0 Å². The maximum absolute atomic E-state index is 13.1. The molecular weight excluding hydrogens is 656 g/mol. The van der Waals surface area contributed by atoms with E-state index in [1.54, 1.807) is 30.3 Å². The van der Waals surface area contributed by atoms with Gasteiger partial charge >= 0.3 is 10.1 Å². The van der Waals surface area contributed by atoms with Gasteiger partial charge in [0.25, 0.3) is 10.1 Å². The highest BCUT2D eigenvalue weighted by Gasteiger charge is 2.25. The van der Waals surface area contributed by atoms with E-state index in [-0.39, 0.29) is 15.5 Å². The van der Waals surface area contributed by atoms with E-state index in [1.807, 2.05) is 37.3 Å². The number of halogens is 2. The minimum Gasteiger partial charge on any atom is -0.378 e. The summed E-state index contributed by atoms with van der Waals surface area (Å²) in [4.78, 5) is -0.256. The first-order valence-corrected chi connectivity index (χ1v) is 16.0. The minimum atomic E-state index is -4.57. The molecule has 0 atom stereocenters. The highest BCUT2D eigenvalue weighted by Crippen LogP contribution is 2.42. The van der Waals surface area contributed by atoms with Crippen molar-refractivity contribution in [2.45, 2.75) is 36.0 Å². The first-order chi connectivity index (χ1) is 18.0. The fourth-order valence-corrected chi connectivity index (χ4v) is 6.73. The Morgan fingerprint density at radius 2 is 1.50 bits per heavy atom. The van der Waals surface area contributed by atoms with Crippen LogP contribution in [0.5, 0.6) is 5.75 Å². The summed E-state index contributed by atoms with van der Waals surface area (Å²) < 4.78 is 67.9. The van der Waals surface area contributed by atoms with E-state index in [9.17, 15) is 21.4 Å². The SMILES string of the molecule is Cc1ccc(OS(=O)(=O)c2ccc(Br)cc2)c(-c2c(Br)ccc(S(=O)(=O)O)c2CCCc2ccccc2)c1. The maximum Gasteiger partial charge on any atom is 0.339 e. The van der Waals surface area contributed by atoms with E-state index in [0.717, 1.165) is 15.6 Å². The molecule has 0 heterocycles. The number of hydrogen-bond acceptors (Lipinski definition) is 5. The smallest absolute Gasteiger partial charge is 0.339 e. The summed E-state index contributed by atoms with van der Waals surface area (Å²) in [6, 6.07) is 23.7. The molecule has 38 heavy (non-hydrogen) atoms. The van der Waals surface area contributed by atoms with Crippen LogP contribution >= 0.6 is 31.9 Å². The van der Waals surface area contributed by atoms with Crippen molar-refractivity contribution in [2.24, 2.45) is 0 Å². The van der Waals surface area contributed by atoms with Gasteiger partial charge in [-0.1, -0.05) is 73.8 Å². The van der Waals surface area contributed by atoms with Gasteiger partial charge in [0.2, 0.25) is 0 Å². The molecule has 6 nitrogen and oxygen atoms in total. The Morgan fingerprint density at radius 3 is 2.16 bits per heavy atom. The molecule has 0 radical (unpaired) electrons. The van der Waals surface area contributed by atoms with Crippen molar-refractivity contribution in [2.75, 3.05) is 0 Å². The van der Waals surface area contributed by atoms with Crippen LogP contribution in [0.15, 0.2) is 104 Å². The molecule has 0 fully saturated rings. The molecule has 0 bridgehead atoms. The van der Waals surface area contributed by atoms with Gasteiger partial charge in [-0.2, -0.15) is 16.8 Å². The quantitative estimate of drug-likeness (QED) is 0.147. The van der Waals surface area contributed by atoms with Crippen molar-refractivity contribution in [3.8, 4) is 16.9 Å². The van der Waals surface area contributed by atoms with Crippen LogP contribution in [0, 0.1) is 6.92 Å². The predicted octanol–water partition coefficient (Wildman–Crippen LogP) is 7.38. The Kier molecular flexibility index (Phi) is 8.78. The van der Waals surface area contributed by atoms with E-state index in [1.165, 1.54) is 24.3 Å². The Morgan fingerprint density at radius 1 is 0.816 bits per heavy atom. The number of aryl methyl sites for hydroxylation is 2. The van der Waals surface area contributed by atoms with Crippen LogP contribution in [0.3, 0.4) is 0 Å². The van der Waals surface area contributed by atoms with Gasteiger partial charge in [-0.15, -0.1) is 0 Å². The van der Waals surface area contributed by atoms with Gasteiger partial charge in [0.05, 0.1) is 4.90 Å². The molecule has 0 amide bonds. The van der Waals surface area contributed by atoms with Gasteiger partial charge in [0.1, 0.15) is 4.90 Å². The summed E-state index contributed by atoms with van der Waals surface area (Å²) in [6.45, 7) is 1.84. The summed E-state index contributed by atoms with van der Waals surface area (Å²) in [6.07, 6.45) is 1.59. The zero-order chi connectivity index (χ0) is 27.5. The van der Waals surface area contributed by atoms with Gasteiger partial charge in [0, 0.05) is 20.1 Å². The molecule has 198 valence electrons. The van der Waals surface area contributed by atoms with Crippen LogP contribution in [0.4, 0.5) is 0 Å². The molecule has 0 aliphatic heterocycles. The molecule has 0 saturated carbocycles. The van der Waals surface area contributed by atoms with E-state index in [0.29, 0.717) is 40.4 Å². The van der Waals surface area contributed by atoms with E-state index < -0.39 is 20.2 Å². The highest BCUT2D eigenvalue weighted by atomic mass is 79.9. The second kappa shape index (κ2) is 11.7. The summed E-state index contributed by atoms with van der Waals surface area (Å²) in [5, 5.41) is 0. The molecule has 0 aromatic heterocycles. The lowest BCUT2D eigenvalue weighted by Gasteiger charge is -2.19. The molecule has 0 spiro atoms. The fraction of sp³-hybridized carbons (Fsp3) is 0.143. The monoisotopic (exact) mass is 678 g/mol. The molecule has 1 N–H and O–H groups in total. The van der Waals surface area contributed by atoms with Gasteiger partial charge in [0.15, 0.2) is 5.75 Å². The molecule has 4 aromatic rings. The second-order valence-corrected chi connectivity index (χ2v) is 13.4.